The molecular weight excluding hydrogens is 630 g/mol. The maximum atomic E-state index is 14.4. The van der Waals surface area contributed by atoms with Gasteiger partial charge in [0.15, 0.2) is 6.10 Å². The summed E-state index contributed by atoms with van der Waals surface area (Å²) in [5.41, 5.74) is 1.09. The fraction of sp³-hybridized carbons (Fsp3) is 0.500. The Hall–Kier alpha value is -3.48. The van der Waals surface area contributed by atoms with Crippen LogP contribution in [0, 0.1) is 0 Å². The molecule has 2 heterocycles. The summed E-state index contributed by atoms with van der Waals surface area (Å²) in [7, 11) is -8.21. The molecule has 246 valence electrons. The van der Waals surface area contributed by atoms with Crippen LogP contribution in [0.3, 0.4) is 0 Å². The van der Waals surface area contributed by atoms with E-state index in [4.69, 9.17) is 19.0 Å². The highest BCUT2D eigenvalue weighted by molar-refractivity contribution is 7.92. The second kappa shape index (κ2) is 13.9. The Bertz CT molecular complexity index is 1690. The Morgan fingerprint density at radius 1 is 1.09 bits per heavy atom. The van der Waals surface area contributed by atoms with Gasteiger partial charge in [0.25, 0.3) is 5.95 Å². The molecule has 3 aromatic rings. The topological polar surface area (TPSA) is 188 Å². The maximum absolute atomic E-state index is 14.4. The fourth-order valence-electron chi connectivity index (χ4n) is 5.18. The van der Waals surface area contributed by atoms with Crippen LogP contribution >= 0.6 is 0 Å². The van der Waals surface area contributed by atoms with Crippen LogP contribution in [-0.4, -0.2) is 92.8 Å². The summed E-state index contributed by atoms with van der Waals surface area (Å²) in [5, 5.41) is 13.3. The van der Waals surface area contributed by atoms with Gasteiger partial charge in [-0.3, -0.25) is 4.72 Å². The van der Waals surface area contributed by atoms with Crippen LogP contribution in [-0.2, 0) is 40.8 Å². The lowest BCUT2D eigenvalue weighted by Gasteiger charge is -2.33. The smallest absolute Gasteiger partial charge is 0.408 e. The summed E-state index contributed by atoms with van der Waals surface area (Å²) in [6, 6.07) is 12.8. The quantitative estimate of drug-likeness (QED) is 0.239. The Morgan fingerprint density at radius 2 is 1.78 bits per heavy atom. The highest BCUT2D eigenvalue weighted by atomic mass is 32.2. The monoisotopic (exact) mass is 667 g/mol. The van der Waals surface area contributed by atoms with Gasteiger partial charge in [0, 0.05) is 6.54 Å². The van der Waals surface area contributed by atoms with Crippen molar-refractivity contribution in [3.63, 3.8) is 0 Å². The van der Waals surface area contributed by atoms with Crippen molar-refractivity contribution >= 4 is 43.1 Å². The minimum atomic E-state index is -4.47. The van der Waals surface area contributed by atoms with Gasteiger partial charge in [-0.2, -0.15) is 4.31 Å². The largest absolute Gasteiger partial charge is 0.441 e. The highest BCUT2D eigenvalue weighted by Crippen LogP contribution is 2.29. The summed E-state index contributed by atoms with van der Waals surface area (Å²) in [6.45, 7) is 1.41. The minimum Gasteiger partial charge on any atom is -0.441 e. The lowest BCUT2D eigenvalue weighted by Crippen LogP contribution is -2.56. The van der Waals surface area contributed by atoms with E-state index in [2.05, 4.69) is 15.0 Å². The van der Waals surface area contributed by atoms with Gasteiger partial charge in [-0.25, -0.2) is 26.6 Å². The summed E-state index contributed by atoms with van der Waals surface area (Å²) in [6.07, 6.45) is -0.373. The highest BCUT2D eigenvalue weighted by Gasteiger charge is 2.37. The van der Waals surface area contributed by atoms with E-state index in [1.165, 1.54) is 29.9 Å². The number of imidazole rings is 1. The van der Waals surface area contributed by atoms with Gasteiger partial charge in [0.1, 0.15) is 24.6 Å². The molecule has 5 rings (SSSR count). The molecule has 1 amide bonds. The summed E-state index contributed by atoms with van der Waals surface area (Å²) in [4.78, 5) is 23.1. The zero-order valence-electron chi connectivity index (χ0n) is 24.9. The van der Waals surface area contributed by atoms with E-state index in [0.717, 1.165) is 36.2 Å². The SMILES string of the molecule is C[C@@H](O)[C@@H](NC(=O)OC1COCOC1)N(Cc1ccccc1)S(=O)(=O)c1ccc2nc(NS(C)(=O)=O)n(OC3CCCC3)c2c1. The number of nitrogens with one attached hydrogen (secondary N) is 2. The molecule has 3 N–H and O–H groups in total. The molecule has 2 aromatic carbocycles. The third kappa shape index (κ3) is 8.22. The van der Waals surface area contributed by atoms with Crippen molar-refractivity contribution < 1.29 is 45.8 Å². The van der Waals surface area contributed by atoms with Crippen molar-refractivity contribution in [3.8, 4) is 0 Å². The molecular formula is C28H37N5O10S2. The fourth-order valence-corrected chi connectivity index (χ4v) is 7.26. The molecule has 15 nitrogen and oxygen atoms in total. The molecule has 1 aliphatic heterocycles. The first-order valence-corrected chi connectivity index (χ1v) is 17.8. The van der Waals surface area contributed by atoms with Crippen molar-refractivity contribution in [3.05, 3.63) is 54.1 Å². The Balaban J connectivity index is 1.53. The number of rotatable bonds is 12. The number of hydrogen-bond donors (Lipinski definition) is 3. The molecule has 0 unspecified atom stereocenters. The number of sulfonamides is 2. The number of nitrogens with zero attached hydrogens (tertiary/aromatic N) is 3. The third-order valence-corrected chi connectivity index (χ3v) is 9.66. The van der Waals surface area contributed by atoms with Crippen molar-refractivity contribution in [2.45, 2.75) is 68.5 Å². The average molecular weight is 668 g/mol. The van der Waals surface area contributed by atoms with E-state index in [1.807, 2.05) is 0 Å². The van der Waals surface area contributed by atoms with E-state index in [1.54, 1.807) is 30.3 Å². The number of hydrogen-bond acceptors (Lipinski definition) is 11. The first-order chi connectivity index (χ1) is 21.4. The van der Waals surface area contributed by atoms with Crippen molar-refractivity contribution in [2.75, 3.05) is 31.0 Å². The molecule has 1 saturated carbocycles. The zero-order valence-corrected chi connectivity index (χ0v) is 26.5. The Kier molecular flexibility index (Phi) is 10.1. The van der Waals surface area contributed by atoms with Gasteiger partial charge < -0.3 is 29.5 Å². The molecule has 1 aliphatic carbocycles. The molecule has 2 atom stereocenters. The van der Waals surface area contributed by atoms with Crippen LogP contribution in [0.25, 0.3) is 11.0 Å². The number of aliphatic hydroxyl groups excluding tert-OH is 1. The second-order valence-electron chi connectivity index (χ2n) is 11.0. The summed E-state index contributed by atoms with van der Waals surface area (Å²) >= 11 is 0. The predicted octanol–water partition coefficient (Wildman–Crippen LogP) is 1.78. The number of amides is 1. The third-order valence-electron chi connectivity index (χ3n) is 7.29. The Morgan fingerprint density at radius 3 is 2.42 bits per heavy atom. The van der Waals surface area contributed by atoms with Crippen molar-refractivity contribution in [1.82, 2.24) is 19.3 Å². The van der Waals surface area contributed by atoms with Crippen LogP contribution in [0.5, 0.6) is 0 Å². The number of aromatic nitrogens is 2. The minimum absolute atomic E-state index is 0.0711. The number of anilines is 1. The van der Waals surface area contributed by atoms with Gasteiger partial charge in [-0.05, 0) is 56.4 Å². The normalized spacial score (nSPS) is 18.1. The van der Waals surface area contributed by atoms with Crippen LogP contribution in [0.4, 0.5) is 10.7 Å². The first-order valence-electron chi connectivity index (χ1n) is 14.4. The average Bonchev–Trinajstić information content (AvgIpc) is 3.62. The molecule has 0 bridgehead atoms. The molecule has 0 spiro atoms. The lowest BCUT2D eigenvalue weighted by atomic mass is 10.2. The standard InChI is InChI=1S/C28H37N5O10S2/c1-19(34)26(30-28(35)42-22-16-40-18-41-17-22)32(15-20-8-4-3-5-9-20)45(38,39)23-12-13-24-25(14-23)33(43-21-10-6-7-11-21)27(29-24)31-44(2,36)37/h3-5,8-9,12-14,19,21-22,26,34H,6-7,10-11,15-18H2,1-2H3,(H,29,31)(H,30,35)/t19-,26+/m1/s1. The number of fused-ring (bicyclic) bond motifs is 1. The van der Waals surface area contributed by atoms with E-state index < -0.39 is 44.5 Å². The number of carbonyl (C=O) groups excluding carboxylic acids is 1. The van der Waals surface area contributed by atoms with E-state index in [9.17, 15) is 26.7 Å². The number of alkyl carbamates (subject to hydrolysis) is 1. The summed E-state index contributed by atoms with van der Waals surface area (Å²) < 4.78 is 73.2. The summed E-state index contributed by atoms with van der Waals surface area (Å²) in [5.74, 6) is -0.114. The van der Waals surface area contributed by atoms with E-state index in [0.29, 0.717) is 11.1 Å². The molecule has 17 heteroatoms. The zero-order chi connectivity index (χ0) is 32.2. The van der Waals surface area contributed by atoms with Crippen LogP contribution in [0.2, 0.25) is 0 Å². The van der Waals surface area contributed by atoms with Crippen LogP contribution < -0.4 is 14.9 Å². The molecule has 1 saturated heterocycles. The van der Waals surface area contributed by atoms with Gasteiger partial charge in [-0.15, -0.1) is 4.73 Å². The van der Waals surface area contributed by atoms with Gasteiger partial charge >= 0.3 is 6.09 Å². The number of benzene rings is 2. The molecule has 0 radical (unpaired) electrons. The maximum Gasteiger partial charge on any atom is 0.408 e. The number of carbonyl (C=O) groups is 1. The van der Waals surface area contributed by atoms with Gasteiger partial charge in [-0.1, -0.05) is 30.3 Å². The predicted molar refractivity (Wildman–Crippen MR) is 162 cm³/mol. The molecule has 45 heavy (non-hydrogen) atoms. The number of aliphatic hydroxyl groups is 1. The van der Waals surface area contributed by atoms with Crippen LogP contribution in [0.1, 0.15) is 38.2 Å². The molecule has 2 fully saturated rings. The number of ether oxygens (including phenoxy) is 3. The molecule has 1 aromatic heterocycles. The van der Waals surface area contributed by atoms with Crippen molar-refractivity contribution in [2.24, 2.45) is 0 Å². The van der Waals surface area contributed by atoms with Gasteiger partial charge in [0.2, 0.25) is 20.0 Å². The second-order valence-corrected chi connectivity index (χ2v) is 14.7. The first kappa shape index (κ1) is 32.9. The van der Waals surface area contributed by atoms with Crippen molar-refractivity contribution in [1.29, 1.82) is 0 Å². The lowest BCUT2D eigenvalue weighted by molar-refractivity contribution is -0.152. The van der Waals surface area contributed by atoms with E-state index in [-0.39, 0.29) is 49.0 Å². The Labute approximate surface area is 261 Å². The van der Waals surface area contributed by atoms with Gasteiger partial charge in [0.05, 0.1) is 36.0 Å². The van der Waals surface area contributed by atoms with E-state index >= 15 is 0 Å². The molecule has 2 aliphatic rings. The van der Waals surface area contributed by atoms with Crippen LogP contribution in [0.15, 0.2) is 53.4 Å².